The Labute approximate surface area is 171 Å². The summed E-state index contributed by atoms with van der Waals surface area (Å²) in [6.07, 6.45) is 3.32. The first-order chi connectivity index (χ1) is 14.2. The van der Waals surface area contributed by atoms with Crippen LogP contribution in [0.1, 0.15) is 16.7 Å². The molecule has 3 aromatic rings. The largest absolute Gasteiger partial charge is 0.493 e. The third kappa shape index (κ3) is 5.72. The summed E-state index contributed by atoms with van der Waals surface area (Å²) in [6.45, 7) is 3.64. The number of amides is 1. The molecular formula is C25H25NO3. The van der Waals surface area contributed by atoms with Crippen LogP contribution < -0.4 is 14.8 Å². The van der Waals surface area contributed by atoms with Gasteiger partial charge >= 0.3 is 0 Å². The van der Waals surface area contributed by atoms with Crippen LogP contribution in [0, 0.1) is 0 Å². The number of nitrogens with one attached hydrogen (secondary N) is 1. The van der Waals surface area contributed by atoms with Crippen molar-refractivity contribution in [3.05, 3.63) is 102 Å². The molecule has 0 aliphatic carbocycles. The lowest BCUT2D eigenvalue weighted by atomic mass is 10.0. The molecule has 0 aliphatic heterocycles. The van der Waals surface area contributed by atoms with Gasteiger partial charge in [0.1, 0.15) is 0 Å². The average Bonchev–Trinajstić information content (AvgIpc) is 2.75. The molecular weight excluding hydrogens is 362 g/mol. The quantitative estimate of drug-likeness (QED) is 0.524. The van der Waals surface area contributed by atoms with Crippen molar-refractivity contribution in [2.75, 3.05) is 19.0 Å². The molecule has 0 unspecified atom stereocenters. The zero-order chi connectivity index (χ0) is 20.5. The minimum absolute atomic E-state index is 0.100. The number of carbonyl (C=O) groups is 1. The first-order valence-electron chi connectivity index (χ1n) is 9.52. The van der Waals surface area contributed by atoms with Gasteiger partial charge in [-0.3, -0.25) is 4.79 Å². The summed E-state index contributed by atoms with van der Waals surface area (Å²) in [5.74, 6) is 0.914. The fourth-order valence-electron chi connectivity index (χ4n) is 3.07. The van der Waals surface area contributed by atoms with Gasteiger partial charge in [0.2, 0.25) is 0 Å². The first-order valence-corrected chi connectivity index (χ1v) is 9.52. The molecule has 4 heteroatoms. The summed E-state index contributed by atoms with van der Waals surface area (Å²) in [7, 11) is 1.58. The van der Waals surface area contributed by atoms with Crippen LogP contribution >= 0.6 is 0 Å². The van der Waals surface area contributed by atoms with Crippen molar-refractivity contribution in [2.45, 2.75) is 12.8 Å². The van der Waals surface area contributed by atoms with E-state index < -0.39 is 0 Å². The highest BCUT2D eigenvalue weighted by Crippen LogP contribution is 2.28. The maximum Gasteiger partial charge on any atom is 0.262 e. The van der Waals surface area contributed by atoms with Gasteiger partial charge in [-0.15, -0.1) is 6.58 Å². The number of anilines is 1. The minimum atomic E-state index is -0.220. The highest BCUT2D eigenvalue weighted by molar-refractivity contribution is 5.92. The fraction of sp³-hybridized carbons (Fsp3) is 0.160. The van der Waals surface area contributed by atoms with Crippen LogP contribution in [0.15, 0.2) is 85.5 Å². The number of rotatable bonds is 9. The van der Waals surface area contributed by atoms with E-state index in [0.29, 0.717) is 11.5 Å². The van der Waals surface area contributed by atoms with E-state index in [2.05, 4.69) is 24.0 Å². The summed E-state index contributed by atoms with van der Waals surface area (Å²) < 4.78 is 11.1. The second kappa shape index (κ2) is 10.1. The Hall–Kier alpha value is -3.53. The van der Waals surface area contributed by atoms with Gasteiger partial charge in [-0.25, -0.2) is 0 Å². The molecule has 0 saturated heterocycles. The summed E-state index contributed by atoms with van der Waals surface area (Å²) in [4.78, 5) is 12.5. The molecule has 3 aromatic carbocycles. The predicted molar refractivity (Wildman–Crippen MR) is 117 cm³/mol. The number of hydrogen-bond donors (Lipinski definition) is 1. The summed E-state index contributed by atoms with van der Waals surface area (Å²) in [5.41, 5.74) is 4.11. The van der Waals surface area contributed by atoms with Crippen LogP contribution in [0.2, 0.25) is 0 Å². The molecule has 0 spiro atoms. The Kier molecular flexibility index (Phi) is 7.06. The minimum Gasteiger partial charge on any atom is -0.493 e. The van der Waals surface area contributed by atoms with Crippen molar-refractivity contribution in [2.24, 2.45) is 0 Å². The van der Waals surface area contributed by atoms with Crippen molar-refractivity contribution in [3.8, 4) is 11.5 Å². The lowest BCUT2D eigenvalue weighted by Crippen LogP contribution is -2.21. The number of para-hydroxylation sites is 1. The predicted octanol–water partition coefficient (Wildman–Crippen LogP) is 5.03. The molecule has 0 bridgehead atoms. The first kappa shape index (κ1) is 20.2. The van der Waals surface area contributed by atoms with Gasteiger partial charge in [-0.1, -0.05) is 60.7 Å². The van der Waals surface area contributed by atoms with Crippen molar-refractivity contribution < 1.29 is 14.3 Å². The van der Waals surface area contributed by atoms with Crippen LogP contribution in [-0.2, 0) is 17.6 Å². The van der Waals surface area contributed by atoms with E-state index in [1.807, 2.05) is 66.7 Å². The highest BCUT2D eigenvalue weighted by Gasteiger charge is 2.11. The molecule has 1 N–H and O–H groups in total. The number of methoxy groups -OCH3 is 1. The number of benzene rings is 3. The third-order valence-electron chi connectivity index (χ3n) is 4.50. The van der Waals surface area contributed by atoms with Crippen LogP contribution in [0.25, 0.3) is 0 Å². The maximum atomic E-state index is 12.5. The SMILES string of the molecule is C=CCc1ccc(OCC(=O)Nc2ccccc2Cc2ccccc2)c(OC)c1. The molecule has 0 fully saturated rings. The molecule has 0 aliphatic rings. The van der Waals surface area contributed by atoms with E-state index >= 15 is 0 Å². The van der Waals surface area contributed by atoms with Crippen LogP contribution in [0.5, 0.6) is 11.5 Å². The van der Waals surface area contributed by atoms with Crippen LogP contribution in [0.3, 0.4) is 0 Å². The van der Waals surface area contributed by atoms with Gasteiger partial charge in [-0.2, -0.15) is 0 Å². The second-order valence-corrected chi connectivity index (χ2v) is 6.63. The Morgan fingerprint density at radius 2 is 1.72 bits per heavy atom. The molecule has 0 radical (unpaired) electrons. The fourth-order valence-corrected chi connectivity index (χ4v) is 3.07. The van der Waals surface area contributed by atoms with E-state index in [1.165, 1.54) is 5.56 Å². The number of allylic oxidation sites excluding steroid dienone is 1. The molecule has 0 heterocycles. The van der Waals surface area contributed by atoms with Gasteiger partial charge < -0.3 is 14.8 Å². The number of hydrogen-bond acceptors (Lipinski definition) is 3. The van der Waals surface area contributed by atoms with E-state index in [9.17, 15) is 4.79 Å². The molecule has 29 heavy (non-hydrogen) atoms. The number of ether oxygens (including phenoxy) is 2. The standard InChI is InChI=1S/C25H25NO3/c1-3-9-19-14-15-23(24(17-19)28-2)29-18-25(27)26-22-13-8-7-12-21(22)16-20-10-5-4-6-11-20/h3-8,10-15,17H,1,9,16,18H2,2H3,(H,26,27). The Bertz CT molecular complexity index is 967. The zero-order valence-corrected chi connectivity index (χ0v) is 16.6. The Balaban J connectivity index is 1.64. The van der Waals surface area contributed by atoms with Crippen LogP contribution in [-0.4, -0.2) is 19.6 Å². The normalized spacial score (nSPS) is 10.2. The average molecular weight is 387 g/mol. The van der Waals surface area contributed by atoms with Crippen molar-refractivity contribution in [1.29, 1.82) is 0 Å². The Morgan fingerprint density at radius 1 is 0.966 bits per heavy atom. The van der Waals surface area contributed by atoms with E-state index in [-0.39, 0.29) is 12.5 Å². The molecule has 4 nitrogen and oxygen atoms in total. The summed E-state index contributed by atoms with van der Waals surface area (Å²) in [6, 6.07) is 23.6. The summed E-state index contributed by atoms with van der Waals surface area (Å²) in [5, 5.41) is 2.95. The molecule has 0 aromatic heterocycles. The number of carbonyl (C=O) groups excluding carboxylic acids is 1. The van der Waals surface area contributed by atoms with E-state index in [4.69, 9.17) is 9.47 Å². The molecule has 0 saturated carbocycles. The monoisotopic (exact) mass is 387 g/mol. The maximum absolute atomic E-state index is 12.5. The van der Waals surface area contributed by atoms with Gasteiger partial charge in [-0.05, 0) is 47.7 Å². The smallest absolute Gasteiger partial charge is 0.262 e. The van der Waals surface area contributed by atoms with E-state index in [0.717, 1.165) is 29.7 Å². The molecule has 148 valence electrons. The van der Waals surface area contributed by atoms with Gasteiger partial charge in [0.25, 0.3) is 5.91 Å². The third-order valence-corrected chi connectivity index (χ3v) is 4.50. The van der Waals surface area contributed by atoms with Crippen molar-refractivity contribution in [1.82, 2.24) is 0 Å². The Morgan fingerprint density at radius 3 is 2.48 bits per heavy atom. The lowest BCUT2D eigenvalue weighted by Gasteiger charge is -2.14. The van der Waals surface area contributed by atoms with Crippen molar-refractivity contribution in [3.63, 3.8) is 0 Å². The van der Waals surface area contributed by atoms with Crippen molar-refractivity contribution >= 4 is 11.6 Å². The van der Waals surface area contributed by atoms with E-state index in [1.54, 1.807) is 7.11 Å². The van der Waals surface area contributed by atoms with Gasteiger partial charge in [0, 0.05) is 5.69 Å². The van der Waals surface area contributed by atoms with Gasteiger partial charge in [0.05, 0.1) is 7.11 Å². The van der Waals surface area contributed by atoms with Crippen LogP contribution in [0.4, 0.5) is 5.69 Å². The molecule has 0 atom stereocenters. The zero-order valence-electron chi connectivity index (χ0n) is 16.6. The molecule has 1 amide bonds. The van der Waals surface area contributed by atoms with Gasteiger partial charge in [0.15, 0.2) is 18.1 Å². The lowest BCUT2D eigenvalue weighted by molar-refractivity contribution is -0.118. The highest BCUT2D eigenvalue weighted by atomic mass is 16.5. The molecule has 3 rings (SSSR count). The summed E-state index contributed by atoms with van der Waals surface area (Å²) >= 11 is 0. The topological polar surface area (TPSA) is 47.6 Å². The second-order valence-electron chi connectivity index (χ2n) is 6.63.